The van der Waals surface area contributed by atoms with Gasteiger partial charge in [-0.15, -0.1) is 5.10 Å². The van der Waals surface area contributed by atoms with E-state index in [0.717, 1.165) is 42.6 Å². The van der Waals surface area contributed by atoms with Gasteiger partial charge in [-0.25, -0.2) is 4.79 Å². The third kappa shape index (κ3) is 2.95. The van der Waals surface area contributed by atoms with E-state index in [1.165, 1.54) is 0 Å². The quantitative estimate of drug-likeness (QED) is 0.940. The van der Waals surface area contributed by atoms with Crippen LogP contribution in [-0.2, 0) is 0 Å². The van der Waals surface area contributed by atoms with E-state index in [2.05, 4.69) is 33.4 Å². The maximum Gasteiger partial charge on any atom is 0.317 e. The smallest absolute Gasteiger partial charge is 0.317 e. The molecule has 1 aromatic heterocycles. The average Bonchev–Trinajstić information content (AvgIpc) is 2.59. The van der Waals surface area contributed by atoms with E-state index in [-0.39, 0.29) is 6.03 Å². The van der Waals surface area contributed by atoms with Gasteiger partial charge in [-0.1, -0.05) is 31.2 Å². The lowest BCUT2D eigenvalue weighted by atomic mass is 10.2. The molecule has 6 nitrogen and oxygen atoms in total. The molecule has 1 saturated heterocycles. The summed E-state index contributed by atoms with van der Waals surface area (Å²) in [5.41, 5.74) is 0. The molecule has 116 valence electrons. The maximum absolute atomic E-state index is 12.0. The minimum absolute atomic E-state index is 0.0329. The highest BCUT2D eigenvalue weighted by Crippen LogP contribution is 2.23. The number of hydrogen-bond acceptors (Lipinski definition) is 4. The first-order chi connectivity index (χ1) is 10.8. The van der Waals surface area contributed by atoms with Crippen LogP contribution in [0.5, 0.6) is 0 Å². The van der Waals surface area contributed by atoms with Gasteiger partial charge in [0.15, 0.2) is 5.82 Å². The van der Waals surface area contributed by atoms with E-state index in [1.807, 2.05) is 23.1 Å². The van der Waals surface area contributed by atoms with Crippen LogP contribution in [0.4, 0.5) is 10.6 Å². The highest BCUT2D eigenvalue weighted by atomic mass is 16.2. The fourth-order valence-corrected chi connectivity index (χ4v) is 2.71. The Morgan fingerprint density at radius 2 is 2.00 bits per heavy atom. The van der Waals surface area contributed by atoms with Crippen LogP contribution in [0.25, 0.3) is 10.8 Å². The summed E-state index contributed by atoms with van der Waals surface area (Å²) in [6.45, 7) is 5.76. The number of fused-ring (bicyclic) bond motifs is 1. The molecule has 3 rings (SSSR count). The molecule has 1 aromatic carbocycles. The molecule has 1 aliphatic rings. The van der Waals surface area contributed by atoms with Gasteiger partial charge in [-0.3, -0.25) is 0 Å². The Hall–Kier alpha value is -2.37. The molecule has 0 aliphatic carbocycles. The maximum atomic E-state index is 12.0. The van der Waals surface area contributed by atoms with Crippen molar-refractivity contribution >= 4 is 22.6 Å². The van der Waals surface area contributed by atoms with Crippen molar-refractivity contribution in [3.8, 4) is 0 Å². The van der Waals surface area contributed by atoms with Gasteiger partial charge in [0.1, 0.15) is 0 Å². The minimum atomic E-state index is 0.0329. The molecule has 22 heavy (non-hydrogen) atoms. The molecule has 1 N–H and O–H groups in total. The number of amides is 2. The van der Waals surface area contributed by atoms with E-state index < -0.39 is 0 Å². The summed E-state index contributed by atoms with van der Waals surface area (Å²) in [6, 6.07) is 8.17. The van der Waals surface area contributed by atoms with Gasteiger partial charge in [-0.05, 0) is 6.42 Å². The Labute approximate surface area is 130 Å². The summed E-state index contributed by atoms with van der Waals surface area (Å²) in [7, 11) is 0. The number of carbonyl (C=O) groups excluding carboxylic acids is 1. The van der Waals surface area contributed by atoms with Gasteiger partial charge in [0.25, 0.3) is 0 Å². The van der Waals surface area contributed by atoms with Gasteiger partial charge >= 0.3 is 6.03 Å². The van der Waals surface area contributed by atoms with Crippen LogP contribution in [0.2, 0.25) is 0 Å². The fraction of sp³-hybridized carbons (Fsp3) is 0.438. The number of urea groups is 1. The molecule has 2 heterocycles. The van der Waals surface area contributed by atoms with Crippen molar-refractivity contribution in [2.24, 2.45) is 0 Å². The largest absolute Gasteiger partial charge is 0.351 e. The van der Waals surface area contributed by atoms with Crippen LogP contribution in [0.3, 0.4) is 0 Å². The summed E-state index contributed by atoms with van der Waals surface area (Å²) >= 11 is 0. The van der Waals surface area contributed by atoms with Crippen LogP contribution < -0.4 is 10.2 Å². The molecule has 0 atom stereocenters. The minimum Gasteiger partial charge on any atom is -0.351 e. The third-order valence-electron chi connectivity index (χ3n) is 3.94. The zero-order valence-corrected chi connectivity index (χ0v) is 12.8. The Bertz CT molecular complexity index is 647. The summed E-state index contributed by atoms with van der Waals surface area (Å²) < 4.78 is 0. The van der Waals surface area contributed by atoms with Gasteiger partial charge in [0.2, 0.25) is 0 Å². The Morgan fingerprint density at radius 1 is 1.23 bits per heavy atom. The van der Waals surface area contributed by atoms with E-state index in [0.29, 0.717) is 13.1 Å². The highest BCUT2D eigenvalue weighted by Gasteiger charge is 2.22. The first-order valence-electron chi connectivity index (χ1n) is 7.77. The molecule has 0 bridgehead atoms. The Morgan fingerprint density at radius 3 is 2.77 bits per heavy atom. The van der Waals surface area contributed by atoms with Crippen LogP contribution in [0.15, 0.2) is 30.5 Å². The lowest BCUT2D eigenvalue weighted by Gasteiger charge is -2.35. The first kappa shape index (κ1) is 14.6. The SMILES string of the molecule is CCCNC(=O)N1CCN(c2nncc3ccccc23)CC1. The summed E-state index contributed by atoms with van der Waals surface area (Å²) in [4.78, 5) is 16.1. The van der Waals surface area contributed by atoms with Crippen molar-refractivity contribution in [3.05, 3.63) is 30.5 Å². The van der Waals surface area contributed by atoms with Gasteiger partial charge in [0, 0.05) is 43.5 Å². The molecule has 2 aromatic rings. The van der Waals surface area contributed by atoms with Crippen molar-refractivity contribution < 1.29 is 4.79 Å². The van der Waals surface area contributed by atoms with Crippen molar-refractivity contribution in [2.45, 2.75) is 13.3 Å². The number of aromatic nitrogens is 2. The monoisotopic (exact) mass is 299 g/mol. The second-order valence-electron chi connectivity index (χ2n) is 5.46. The predicted molar refractivity (Wildman–Crippen MR) is 87.0 cm³/mol. The van der Waals surface area contributed by atoms with Crippen molar-refractivity contribution in [1.29, 1.82) is 0 Å². The number of nitrogens with one attached hydrogen (secondary N) is 1. The number of carbonyl (C=O) groups is 1. The molecule has 0 spiro atoms. The van der Waals surface area contributed by atoms with Crippen LogP contribution in [0.1, 0.15) is 13.3 Å². The van der Waals surface area contributed by atoms with Gasteiger partial charge < -0.3 is 15.1 Å². The lowest BCUT2D eigenvalue weighted by Crippen LogP contribution is -2.52. The fourth-order valence-electron chi connectivity index (χ4n) is 2.71. The van der Waals surface area contributed by atoms with Gasteiger partial charge in [-0.2, -0.15) is 5.10 Å². The zero-order chi connectivity index (χ0) is 15.4. The molecule has 2 amide bonds. The van der Waals surface area contributed by atoms with Crippen LogP contribution >= 0.6 is 0 Å². The molecule has 0 radical (unpaired) electrons. The number of anilines is 1. The van der Waals surface area contributed by atoms with Crippen LogP contribution in [-0.4, -0.2) is 53.9 Å². The molecule has 1 aliphatic heterocycles. The number of piperazine rings is 1. The molecule has 6 heteroatoms. The Kier molecular flexibility index (Phi) is 4.37. The van der Waals surface area contributed by atoms with E-state index in [1.54, 1.807) is 6.20 Å². The third-order valence-corrected chi connectivity index (χ3v) is 3.94. The van der Waals surface area contributed by atoms with Crippen molar-refractivity contribution in [1.82, 2.24) is 20.4 Å². The topological polar surface area (TPSA) is 61.4 Å². The van der Waals surface area contributed by atoms with E-state index in [4.69, 9.17) is 0 Å². The number of benzene rings is 1. The highest BCUT2D eigenvalue weighted by molar-refractivity contribution is 5.91. The van der Waals surface area contributed by atoms with E-state index in [9.17, 15) is 4.79 Å². The summed E-state index contributed by atoms with van der Waals surface area (Å²) in [5, 5.41) is 13.5. The number of hydrogen-bond donors (Lipinski definition) is 1. The van der Waals surface area contributed by atoms with E-state index >= 15 is 0 Å². The standard InChI is InChI=1S/C16H21N5O/c1-2-7-17-16(22)21-10-8-20(9-11-21)15-14-6-4-3-5-13(14)12-18-19-15/h3-6,12H,2,7-11H2,1H3,(H,17,22). The molecule has 0 saturated carbocycles. The number of rotatable bonds is 3. The zero-order valence-electron chi connectivity index (χ0n) is 12.8. The van der Waals surface area contributed by atoms with Crippen LogP contribution in [0, 0.1) is 0 Å². The second kappa shape index (κ2) is 6.60. The average molecular weight is 299 g/mol. The summed E-state index contributed by atoms with van der Waals surface area (Å²) in [5.74, 6) is 0.909. The normalized spacial score (nSPS) is 15.1. The Balaban J connectivity index is 1.69. The van der Waals surface area contributed by atoms with Crippen molar-refractivity contribution in [3.63, 3.8) is 0 Å². The molecule has 0 unspecified atom stereocenters. The molecular weight excluding hydrogens is 278 g/mol. The molecular formula is C16H21N5O. The van der Waals surface area contributed by atoms with Gasteiger partial charge in [0.05, 0.1) is 6.20 Å². The predicted octanol–water partition coefficient (Wildman–Crippen LogP) is 1.87. The second-order valence-corrected chi connectivity index (χ2v) is 5.46. The first-order valence-corrected chi connectivity index (χ1v) is 7.77. The summed E-state index contributed by atoms with van der Waals surface area (Å²) in [6.07, 6.45) is 2.74. The number of nitrogens with zero attached hydrogens (tertiary/aromatic N) is 4. The van der Waals surface area contributed by atoms with Crippen molar-refractivity contribution in [2.75, 3.05) is 37.6 Å². The molecule has 1 fully saturated rings. The lowest BCUT2D eigenvalue weighted by molar-refractivity contribution is 0.194.